The van der Waals surface area contributed by atoms with Crippen LogP contribution in [0.1, 0.15) is 120 Å². The van der Waals surface area contributed by atoms with E-state index in [4.69, 9.17) is 39.5 Å². The monoisotopic (exact) mass is 818 g/mol. The zero-order valence-corrected chi connectivity index (χ0v) is 32.7. The molecule has 0 radical (unpaired) electrons. The van der Waals surface area contributed by atoms with E-state index >= 15 is 0 Å². The molecule has 0 aliphatic heterocycles. The minimum Gasteiger partial charge on any atom is -0.478 e. The van der Waals surface area contributed by atoms with Crippen LogP contribution in [0.3, 0.4) is 0 Å². The summed E-state index contributed by atoms with van der Waals surface area (Å²) in [6.45, 7) is 3.34. The molecule has 0 heterocycles. The summed E-state index contributed by atoms with van der Waals surface area (Å²) in [6.07, 6.45) is 5.34. The van der Waals surface area contributed by atoms with E-state index in [-0.39, 0.29) is 67.4 Å². The topological polar surface area (TPSA) is 270 Å². The number of carboxylic acids is 1. The van der Waals surface area contributed by atoms with Gasteiger partial charge in [-0.3, -0.25) is 4.89 Å². The number of benzene rings is 3. The molecule has 17 heteroatoms. The van der Waals surface area contributed by atoms with Crippen molar-refractivity contribution in [2.45, 2.75) is 58.3 Å². The molecule has 0 unspecified atom stereocenters. The Morgan fingerprint density at radius 1 is 0.448 bits per heavy atom. The molecule has 3 rings (SSSR count). The summed E-state index contributed by atoms with van der Waals surface area (Å²) in [6, 6.07) is 17.3. The van der Waals surface area contributed by atoms with E-state index in [0.717, 1.165) is 25.7 Å². The second kappa shape index (κ2) is 32.4. The summed E-state index contributed by atoms with van der Waals surface area (Å²) in [5, 5.41) is 33.6. The fourth-order valence-electron chi connectivity index (χ4n) is 4.08. The normalized spacial score (nSPS) is 9.88. The molecule has 58 heavy (non-hydrogen) atoms. The van der Waals surface area contributed by atoms with Crippen molar-refractivity contribution in [1.82, 2.24) is 0 Å². The zero-order chi connectivity index (χ0) is 42.3. The Balaban J connectivity index is 0.00000109. The van der Waals surface area contributed by atoms with E-state index < -0.39 is 35.8 Å². The third-order valence-electron chi connectivity index (χ3n) is 7.34. The number of esters is 4. The van der Waals surface area contributed by atoms with Gasteiger partial charge >= 0.3 is 35.8 Å². The quantitative estimate of drug-likeness (QED) is 0.0360. The number of aliphatic hydroxyl groups excluding tert-OH is 3. The van der Waals surface area contributed by atoms with Crippen molar-refractivity contribution in [3.63, 3.8) is 0 Å². The first kappa shape index (κ1) is 52.3. The maximum absolute atomic E-state index is 12.1. The van der Waals surface area contributed by atoms with Gasteiger partial charge < -0.3 is 44.8 Å². The number of methoxy groups -OCH3 is 1. The minimum atomic E-state index is -1.07. The Labute approximate surface area is 336 Å². The van der Waals surface area contributed by atoms with Gasteiger partial charge in [-0.05, 0) is 118 Å². The van der Waals surface area contributed by atoms with Crippen LogP contribution in [0.2, 0.25) is 0 Å². The van der Waals surface area contributed by atoms with E-state index in [2.05, 4.69) is 9.62 Å². The lowest BCUT2D eigenvalue weighted by atomic mass is 10.1. The van der Waals surface area contributed by atoms with Crippen LogP contribution in [-0.4, -0.2) is 115 Å². The molecule has 0 fully saturated rings. The third-order valence-corrected chi connectivity index (χ3v) is 7.34. The van der Waals surface area contributed by atoms with Gasteiger partial charge in [-0.25, -0.2) is 28.8 Å². The fraction of sp³-hybridized carbons (Fsp3) is 0.415. The largest absolute Gasteiger partial charge is 0.478 e. The van der Waals surface area contributed by atoms with E-state index in [1.54, 1.807) is 0 Å². The molecule has 0 aromatic heterocycles. The smallest absolute Gasteiger partial charge is 0.373 e. The van der Waals surface area contributed by atoms with E-state index in [1.165, 1.54) is 79.9 Å². The van der Waals surface area contributed by atoms with Crippen LogP contribution < -0.4 is 0 Å². The van der Waals surface area contributed by atoms with Crippen molar-refractivity contribution < 1.29 is 83.4 Å². The minimum absolute atomic E-state index is 0. The van der Waals surface area contributed by atoms with Gasteiger partial charge in [0.25, 0.3) is 0 Å². The highest BCUT2D eigenvalue weighted by Gasteiger charge is 2.13. The van der Waals surface area contributed by atoms with Crippen molar-refractivity contribution in [1.29, 1.82) is 0 Å². The number of hydrogen-bond acceptors (Lipinski definition) is 15. The number of carbonyl (C=O) groups excluding carboxylic acids is 5. The number of rotatable bonds is 22. The summed E-state index contributed by atoms with van der Waals surface area (Å²) in [5.41, 5.74) is 1.64. The molecule has 6 N–H and O–H groups in total. The zero-order valence-electron chi connectivity index (χ0n) is 32.7. The molecule has 3 aromatic rings. The molecule has 0 saturated heterocycles. The van der Waals surface area contributed by atoms with Crippen LogP contribution in [0.25, 0.3) is 0 Å². The molecular formula is C41H54O17. The second-order valence-electron chi connectivity index (χ2n) is 11.8. The van der Waals surface area contributed by atoms with Crippen LogP contribution in [0.4, 0.5) is 0 Å². The average molecular weight is 819 g/mol. The van der Waals surface area contributed by atoms with Crippen LogP contribution in [-0.2, 0) is 28.7 Å². The van der Waals surface area contributed by atoms with Gasteiger partial charge in [0.15, 0.2) is 0 Å². The predicted octanol–water partition coefficient (Wildman–Crippen LogP) is 4.40. The molecule has 0 aliphatic carbocycles. The Hall–Kier alpha value is -5.72. The number of ether oxygens (including phenoxy) is 4. The SMILES string of the molecule is CCCCOOC(=O)c1ccc(C(=O)OCCCCOC(=O)c2ccc(C(=O)O)cc2)cc1.COC(=O)c1ccc(C(=O)OCCCCO)cc1.O.OCCCCO. The maximum atomic E-state index is 12.1. The van der Waals surface area contributed by atoms with Crippen molar-refractivity contribution in [2.24, 2.45) is 0 Å². The van der Waals surface area contributed by atoms with Crippen molar-refractivity contribution in [3.8, 4) is 0 Å². The molecule has 17 nitrogen and oxygen atoms in total. The number of aliphatic hydroxyl groups is 3. The maximum Gasteiger partial charge on any atom is 0.373 e. The first-order valence-corrected chi connectivity index (χ1v) is 18.3. The highest BCUT2D eigenvalue weighted by atomic mass is 17.2. The van der Waals surface area contributed by atoms with Crippen molar-refractivity contribution in [2.75, 3.05) is 53.4 Å². The lowest BCUT2D eigenvalue weighted by Gasteiger charge is -2.07. The first-order valence-electron chi connectivity index (χ1n) is 18.3. The Kier molecular flexibility index (Phi) is 29.2. The van der Waals surface area contributed by atoms with Gasteiger partial charge in [0.05, 0.1) is 66.9 Å². The van der Waals surface area contributed by atoms with Gasteiger partial charge in [-0.15, -0.1) is 0 Å². The Morgan fingerprint density at radius 2 is 0.759 bits per heavy atom. The average Bonchev–Trinajstić information content (AvgIpc) is 3.24. The van der Waals surface area contributed by atoms with Gasteiger partial charge in [0.1, 0.15) is 0 Å². The van der Waals surface area contributed by atoms with Crippen LogP contribution in [0, 0.1) is 0 Å². The first-order chi connectivity index (χ1) is 27.5. The standard InChI is InChI=1S/C24H26O9.C13H16O5.C4H10O2.H2O/c1-2-3-16-32-33-24(29)20-12-10-19(11-13-20)23(28)31-15-5-4-14-30-22(27)18-8-6-17(7-9-18)21(25)26;1-17-12(15)10-4-6-11(7-5-10)13(16)18-9-3-2-8-14;5-3-1-2-4-6;/h6-13H,2-5,14-16H2,1H3,(H,25,26);4-7,14H,2-3,8-9H2,1H3;5-6H,1-4H2;1H2. The lowest BCUT2D eigenvalue weighted by Crippen LogP contribution is -2.10. The van der Waals surface area contributed by atoms with Crippen LogP contribution >= 0.6 is 0 Å². The van der Waals surface area contributed by atoms with Crippen LogP contribution in [0.5, 0.6) is 0 Å². The highest BCUT2D eigenvalue weighted by Crippen LogP contribution is 2.11. The molecule has 0 aliphatic rings. The summed E-state index contributed by atoms with van der Waals surface area (Å²) < 4.78 is 19.8. The van der Waals surface area contributed by atoms with Gasteiger partial charge in [-0.1, -0.05) is 13.3 Å². The summed E-state index contributed by atoms with van der Waals surface area (Å²) in [5.74, 6) is -3.70. The van der Waals surface area contributed by atoms with E-state index in [9.17, 15) is 28.8 Å². The highest BCUT2D eigenvalue weighted by molar-refractivity contribution is 5.94. The predicted molar refractivity (Wildman–Crippen MR) is 207 cm³/mol. The Morgan fingerprint density at radius 3 is 1.09 bits per heavy atom. The molecule has 0 bridgehead atoms. The number of aromatic carboxylic acids is 1. The summed E-state index contributed by atoms with van der Waals surface area (Å²) in [4.78, 5) is 78.9. The summed E-state index contributed by atoms with van der Waals surface area (Å²) in [7, 11) is 1.30. The number of carbonyl (C=O) groups is 6. The van der Waals surface area contributed by atoms with E-state index in [0.29, 0.717) is 43.4 Å². The molecule has 0 saturated carbocycles. The molecular weight excluding hydrogens is 764 g/mol. The van der Waals surface area contributed by atoms with E-state index in [1.807, 2.05) is 6.92 Å². The Bertz CT molecular complexity index is 1620. The van der Waals surface area contributed by atoms with Crippen LogP contribution in [0.15, 0.2) is 72.8 Å². The second-order valence-corrected chi connectivity index (χ2v) is 11.8. The lowest BCUT2D eigenvalue weighted by molar-refractivity contribution is -0.241. The van der Waals surface area contributed by atoms with Gasteiger partial charge in [0, 0.05) is 19.8 Å². The number of carboxylic acid groups (broad SMARTS) is 1. The van der Waals surface area contributed by atoms with Gasteiger partial charge in [-0.2, -0.15) is 4.89 Å². The molecule has 3 aromatic carbocycles. The number of unbranched alkanes of at least 4 members (excludes halogenated alkanes) is 4. The molecule has 0 spiro atoms. The molecule has 0 amide bonds. The molecule has 320 valence electrons. The van der Waals surface area contributed by atoms with Crippen molar-refractivity contribution in [3.05, 3.63) is 106 Å². The number of hydrogen-bond donors (Lipinski definition) is 4. The fourth-order valence-corrected chi connectivity index (χ4v) is 4.08. The summed E-state index contributed by atoms with van der Waals surface area (Å²) >= 11 is 0. The third kappa shape index (κ3) is 22.1. The molecule has 0 atom stereocenters. The van der Waals surface area contributed by atoms with Gasteiger partial charge in [0.2, 0.25) is 0 Å². The van der Waals surface area contributed by atoms with Crippen molar-refractivity contribution >= 4 is 35.8 Å².